The molecule has 0 saturated heterocycles. The Labute approximate surface area is 155 Å². The van der Waals surface area contributed by atoms with Crippen molar-refractivity contribution in [2.45, 2.75) is 19.7 Å². The molecule has 8 heteroatoms. The van der Waals surface area contributed by atoms with Gasteiger partial charge in [-0.05, 0) is 23.3 Å². The SMILES string of the molecule is CN(Cc1ccccc1)C(=O)OCc1cn(Cc2ccc(F)c(F)c2)nn1. The molecule has 3 rings (SSSR count). The molecule has 0 unspecified atom stereocenters. The number of ether oxygens (including phenoxy) is 1. The molecule has 0 fully saturated rings. The van der Waals surface area contributed by atoms with Crippen molar-refractivity contribution >= 4 is 6.09 Å². The fourth-order valence-electron chi connectivity index (χ4n) is 2.47. The minimum Gasteiger partial charge on any atom is -0.443 e. The maximum absolute atomic E-state index is 13.2. The van der Waals surface area contributed by atoms with E-state index in [1.807, 2.05) is 30.3 Å². The van der Waals surface area contributed by atoms with E-state index in [2.05, 4.69) is 10.3 Å². The first-order valence-electron chi connectivity index (χ1n) is 8.26. The minimum absolute atomic E-state index is 0.0320. The predicted molar refractivity (Wildman–Crippen MR) is 93.6 cm³/mol. The van der Waals surface area contributed by atoms with Gasteiger partial charge in [0.15, 0.2) is 11.6 Å². The second-order valence-electron chi connectivity index (χ2n) is 6.05. The zero-order valence-corrected chi connectivity index (χ0v) is 14.7. The van der Waals surface area contributed by atoms with Crippen LogP contribution in [0.15, 0.2) is 54.7 Å². The Morgan fingerprint density at radius 1 is 1.11 bits per heavy atom. The van der Waals surface area contributed by atoms with Crippen LogP contribution in [0.25, 0.3) is 0 Å². The van der Waals surface area contributed by atoms with Gasteiger partial charge >= 0.3 is 6.09 Å². The van der Waals surface area contributed by atoms with Gasteiger partial charge in [0.05, 0.1) is 12.7 Å². The van der Waals surface area contributed by atoms with Crippen LogP contribution >= 0.6 is 0 Å². The summed E-state index contributed by atoms with van der Waals surface area (Å²) in [6.45, 7) is 0.629. The lowest BCUT2D eigenvalue weighted by Crippen LogP contribution is -2.26. The minimum atomic E-state index is -0.914. The van der Waals surface area contributed by atoms with E-state index in [1.165, 1.54) is 15.6 Å². The van der Waals surface area contributed by atoms with Crippen molar-refractivity contribution in [2.75, 3.05) is 7.05 Å². The molecule has 3 aromatic rings. The van der Waals surface area contributed by atoms with Crippen molar-refractivity contribution in [1.29, 1.82) is 0 Å². The smallest absolute Gasteiger partial charge is 0.410 e. The topological polar surface area (TPSA) is 60.2 Å². The number of benzene rings is 2. The molecule has 140 valence electrons. The van der Waals surface area contributed by atoms with Gasteiger partial charge in [0, 0.05) is 13.6 Å². The zero-order valence-electron chi connectivity index (χ0n) is 14.7. The van der Waals surface area contributed by atoms with Crippen LogP contribution in [-0.2, 0) is 24.4 Å². The molecule has 1 amide bonds. The fourth-order valence-corrected chi connectivity index (χ4v) is 2.47. The number of amides is 1. The third kappa shape index (κ3) is 5.10. The average molecular weight is 372 g/mol. The number of hydrogen-bond donors (Lipinski definition) is 0. The summed E-state index contributed by atoms with van der Waals surface area (Å²) in [6.07, 6.45) is 1.11. The second-order valence-corrected chi connectivity index (χ2v) is 6.05. The van der Waals surface area contributed by atoms with E-state index < -0.39 is 17.7 Å². The van der Waals surface area contributed by atoms with Gasteiger partial charge in [-0.3, -0.25) is 0 Å². The Balaban J connectivity index is 1.51. The molecule has 0 aliphatic heterocycles. The van der Waals surface area contributed by atoms with Crippen LogP contribution in [0, 0.1) is 11.6 Å². The molecule has 0 saturated carbocycles. The normalized spacial score (nSPS) is 10.6. The summed E-state index contributed by atoms with van der Waals surface area (Å²) < 4.78 is 32.9. The molecule has 0 radical (unpaired) electrons. The molecule has 0 bridgehead atoms. The van der Waals surface area contributed by atoms with Gasteiger partial charge in [0.25, 0.3) is 0 Å². The zero-order chi connectivity index (χ0) is 19.2. The van der Waals surface area contributed by atoms with E-state index in [0.29, 0.717) is 17.8 Å². The quantitative estimate of drug-likeness (QED) is 0.666. The molecule has 0 aliphatic carbocycles. The summed E-state index contributed by atoms with van der Waals surface area (Å²) in [4.78, 5) is 13.5. The Morgan fingerprint density at radius 3 is 2.63 bits per heavy atom. The Kier molecular flexibility index (Phi) is 5.75. The van der Waals surface area contributed by atoms with E-state index in [1.54, 1.807) is 13.2 Å². The molecular weight excluding hydrogens is 354 g/mol. The number of halogens is 2. The van der Waals surface area contributed by atoms with E-state index in [4.69, 9.17) is 4.74 Å². The molecule has 2 aromatic carbocycles. The van der Waals surface area contributed by atoms with Crippen LogP contribution in [0.3, 0.4) is 0 Å². The van der Waals surface area contributed by atoms with Crippen LogP contribution in [0.2, 0.25) is 0 Å². The summed E-state index contributed by atoms with van der Waals surface area (Å²) in [5.74, 6) is -1.81. The first-order valence-corrected chi connectivity index (χ1v) is 8.26. The molecular formula is C19H18F2N4O2. The maximum atomic E-state index is 13.2. The van der Waals surface area contributed by atoms with Gasteiger partial charge in [0.1, 0.15) is 12.3 Å². The van der Waals surface area contributed by atoms with Gasteiger partial charge in [-0.2, -0.15) is 0 Å². The number of aromatic nitrogens is 3. The van der Waals surface area contributed by atoms with Gasteiger partial charge < -0.3 is 9.64 Å². The number of hydrogen-bond acceptors (Lipinski definition) is 4. The average Bonchev–Trinajstić information content (AvgIpc) is 3.11. The first kappa shape index (κ1) is 18.5. The van der Waals surface area contributed by atoms with E-state index in [9.17, 15) is 13.6 Å². The van der Waals surface area contributed by atoms with Gasteiger partial charge in [-0.15, -0.1) is 5.10 Å². The summed E-state index contributed by atoms with van der Waals surface area (Å²) >= 11 is 0. The summed E-state index contributed by atoms with van der Waals surface area (Å²) in [5, 5.41) is 7.82. The Morgan fingerprint density at radius 2 is 1.89 bits per heavy atom. The van der Waals surface area contributed by atoms with Gasteiger partial charge in [-0.1, -0.05) is 41.6 Å². The van der Waals surface area contributed by atoms with Crippen molar-refractivity contribution in [3.8, 4) is 0 Å². The summed E-state index contributed by atoms with van der Waals surface area (Å²) in [7, 11) is 1.65. The largest absolute Gasteiger partial charge is 0.443 e. The monoisotopic (exact) mass is 372 g/mol. The van der Waals surface area contributed by atoms with Crippen LogP contribution in [0.4, 0.5) is 13.6 Å². The predicted octanol–water partition coefficient (Wildman–Crippen LogP) is 3.37. The lowest BCUT2D eigenvalue weighted by molar-refractivity contribution is 0.101. The van der Waals surface area contributed by atoms with Gasteiger partial charge in [-0.25, -0.2) is 18.3 Å². The molecule has 0 aliphatic rings. The third-order valence-electron chi connectivity index (χ3n) is 3.83. The van der Waals surface area contributed by atoms with Crippen molar-refractivity contribution < 1.29 is 18.3 Å². The van der Waals surface area contributed by atoms with Crippen molar-refractivity contribution in [3.63, 3.8) is 0 Å². The Bertz CT molecular complexity index is 915. The van der Waals surface area contributed by atoms with Crippen molar-refractivity contribution in [2.24, 2.45) is 0 Å². The van der Waals surface area contributed by atoms with E-state index in [-0.39, 0.29) is 13.2 Å². The fraction of sp³-hybridized carbons (Fsp3) is 0.211. The van der Waals surface area contributed by atoms with Gasteiger partial charge in [0.2, 0.25) is 0 Å². The molecule has 1 heterocycles. The van der Waals surface area contributed by atoms with Crippen molar-refractivity contribution in [3.05, 3.63) is 83.2 Å². The standard InChI is InChI=1S/C19H18F2N4O2/c1-24(10-14-5-3-2-4-6-14)19(26)27-13-16-12-25(23-22-16)11-15-7-8-17(20)18(21)9-15/h2-9,12H,10-11,13H2,1H3. The number of nitrogens with zero attached hydrogens (tertiary/aromatic N) is 4. The highest BCUT2D eigenvalue weighted by molar-refractivity contribution is 5.67. The van der Waals surface area contributed by atoms with Crippen LogP contribution < -0.4 is 0 Å². The summed E-state index contributed by atoms with van der Waals surface area (Å²) in [6, 6.07) is 13.2. The van der Waals surface area contributed by atoms with Crippen LogP contribution in [0.1, 0.15) is 16.8 Å². The lowest BCUT2D eigenvalue weighted by Gasteiger charge is -2.16. The molecule has 6 nitrogen and oxygen atoms in total. The number of rotatable bonds is 6. The van der Waals surface area contributed by atoms with Crippen molar-refractivity contribution in [1.82, 2.24) is 19.9 Å². The van der Waals surface area contributed by atoms with Crippen LogP contribution in [-0.4, -0.2) is 33.0 Å². The van der Waals surface area contributed by atoms with Crippen LogP contribution in [0.5, 0.6) is 0 Å². The molecule has 0 spiro atoms. The number of carbonyl (C=O) groups excluding carboxylic acids is 1. The maximum Gasteiger partial charge on any atom is 0.410 e. The highest BCUT2D eigenvalue weighted by Gasteiger charge is 2.12. The number of carbonyl (C=O) groups is 1. The first-order chi connectivity index (χ1) is 13.0. The Hall–Kier alpha value is -3.29. The van der Waals surface area contributed by atoms with E-state index in [0.717, 1.165) is 17.7 Å². The highest BCUT2D eigenvalue weighted by Crippen LogP contribution is 2.10. The molecule has 0 atom stereocenters. The molecule has 0 N–H and O–H groups in total. The second kappa shape index (κ2) is 8.39. The highest BCUT2D eigenvalue weighted by atomic mass is 19.2. The molecule has 1 aromatic heterocycles. The summed E-state index contributed by atoms with van der Waals surface area (Å²) in [5.41, 5.74) is 2.00. The third-order valence-corrected chi connectivity index (χ3v) is 3.83. The lowest BCUT2D eigenvalue weighted by atomic mass is 10.2. The molecule has 27 heavy (non-hydrogen) atoms. The van der Waals surface area contributed by atoms with E-state index >= 15 is 0 Å².